The summed E-state index contributed by atoms with van der Waals surface area (Å²) in [5.74, 6) is 0.424. The average Bonchev–Trinajstić information content (AvgIpc) is 2.48. The quantitative estimate of drug-likeness (QED) is 0.825. The van der Waals surface area contributed by atoms with Crippen molar-refractivity contribution in [3.05, 3.63) is 29.8 Å². The molecular weight excluding hydrogens is 230 g/mol. The molecule has 1 amide bonds. The number of para-hydroxylation sites is 1. The molecule has 1 aromatic carbocycles. The summed E-state index contributed by atoms with van der Waals surface area (Å²) in [4.78, 5) is 17.9. The normalized spacial score (nSPS) is 18.7. The number of hydrogen-bond acceptors (Lipinski definition) is 4. The van der Waals surface area contributed by atoms with Gasteiger partial charge in [-0.2, -0.15) is 0 Å². The first-order valence-corrected chi connectivity index (χ1v) is 5.98. The van der Waals surface area contributed by atoms with E-state index in [1.165, 1.54) is 0 Å². The Kier molecular flexibility index (Phi) is 3.50. The molecule has 5 nitrogen and oxygen atoms in total. The van der Waals surface area contributed by atoms with Crippen LogP contribution in [-0.4, -0.2) is 29.5 Å². The number of aliphatic imine (C=N–C) groups is 1. The number of nitrogens with two attached hydrogens (primary N) is 1. The number of amides is 1. The second-order valence-corrected chi connectivity index (χ2v) is 4.17. The zero-order valence-corrected chi connectivity index (χ0v) is 10.6. The third-order valence-electron chi connectivity index (χ3n) is 2.98. The molecule has 2 rings (SSSR count). The van der Waals surface area contributed by atoms with Crippen molar-refractivity contribution in [3.8, 4) is 0 Å². The molecule has 1 aliphatic rings. The lowest BCUT2D eigenvalue weighted by molar-refractivity contribution is 0.0999. The minimum atomic E-state index is -0.361. The molecule has 1 atom stereocenters. The fourth-order valence-electron chi connectivity index (χ4n) is 1.90. The zero-order chi connectivity index (χ0) is 13.1. The van der Waals surface area contributed by atoms with Gasteiger partial charge in [0.05, 0.1) is 24.9 Å². The number of nitrogens with zero attached hydrogens (tertiary/aromatic N) is 2. The minimum absolute atomic E-state index is 0.267. The molecule has 0 saturated carbocycles. The fraction of sp³-hybridized carbons (Fsp3) is 0.385. The number of rotatable bonds is 1. The highest BCUT2D eigenvalue weighted by molar-refractivity contribution is 5.91. The van der Waals surface area contributed by atoms with E-state index < -0.39 is 0 Å². The fourth-order valence-corrected chi connectivity index (χ4v) is 1.90. The summed E-state index contributed by atoms with van der Waals surface area (Å²) >= 11 is 0. The minimum Gasteiger partial charge on any atom is -0.450 e. The molecule has 2 N–H and O–H groups in total. The van der Waals surface area contributed by atoms with E-state index in [1.807, 2.05) is 31.2 Å². The van der Waals surface area contributed by atoms with Gasteiger partial charge in [-0.3, -0.25) is 4.90 Å². The van der Waals surface area contributed by atoms with Crippen molar-refractivity contribution in [1.29, 1.82) is 0 Å². The Balaban J connectivity index is 2.36. The molecule has 1 aromatic rings. The maximum Gasteiger partial charge on any atom is 0.410 e. The lowest BCUT2D eigenvalue weighted by Gasteiger charge is -2.26. The van der Waals surface area contributed by atoms with Crippen LogP contribution in [0.4, 0.5) is 10.5 Å². The van der Waals surface area contributed by atoms with Crippen LogP contribution in [0.25, 0.3) is 0 Å². The van der Waals surface area contributed by atoms with Crippen LogP contribution in [0.3, 0.4) is 0 Å². The zero-order valence-electron chi connectivity index (χ0n) is 10.6. The van der Waals surface area contributed by atoms with Crippen LogP contribution in [0, 0.1) is 0 Å². The van der Waals surface area contributed by atoms with Crippen LogP contribution >= 0.6 is 0 Å². The first-order chi connectivity index (χ1) is 8.63. The summed E-state index contributed by atoms with van der Waals surface area (Å²) in [5.41, 5.74) is 7.70. The first-order valence-electron chi connectivity index (χ1n) is 5.98. The maximum absolute atomic E-state index is 11.9. The van der Waals surface area contributed by atoms with E-state index in [1.54, 1.807) is 11.8 Å². The van der Waals surface area contributed by atoms with Gasteiger partial charge in [0.2, 0.25) is 0 Å². The number of hydrogen-bond donors (Lipinski definition) is 1. The Bertz CT molecular complexity index is 485. The topological polar surface area (TPSA) is 67.9 Å². The standard InChI is InChI=1S/C13H17N3O2/c1-3-18-13(17)16-8-10-6-4-5-7-11(10)15-12(14)9(16)2/h4-7,9H,3,8H2,1-2H3,(H2,14,15). The molecule has 0 aliphatic carbocycles. The largest absolute Gasteiger partial charge is 0.450 e. The summed E-state index contributed by atoms with van der Waals surface area (Å²) < 4.78 is 5.05. The van der Waals surface area contributed by atoms with Gasteiger partial charge in [-0.05, 0) is 25.5 Å². The van der Waals surface area contributed by atoms with E-state index in [9.17, 15) is 4.79 Å². The van der Waals surface area contributed by atoms with Crippen molar-refractivity contribution in [2.75, 3.05) is 6.61 Å². The van der Waals surface area contributed by atoms with Gasteiger partial charge in [-0.15, -0.1) is 0 Å². The van der Waals surface area contributed by atoms with Crippen LogP contribution in [0.1, 0.15) is 19.4 Å². The first kappa shape index (κ1) is 12.4. The van der Waals surface area contributed by atoms with Crippen molar-refractivity contribution >= 4 is 17.6 Å². The summed E-state index contributed by atoms with van der Waals surface area (Å²) in [6, 6.07) is 7.39. The second-order valence-electron chi connectivity index (χ2n) is 4.17. The van der Waals surface area contributed by atoms with E-state index in [0.717, 1.165) is 11.3 Å². The molecular formula is C13H17N3O2. The van der Waals surface area contributed by atoms with Gasteiger partial charge in [0.1, 0.15) is 5.84 Å². The summed E-state index contributed by atoms with van der Waals surface area (Å²) in [6.07, 6.45) is -0.361. The Hall–Kier alpha value is -2.04. The Morgan fingerprint density at radius 3 is 3.00 bits per heavy atom. The summed E-state index contributed by atoms with van der Waals surface area (Å²) in [5, 5.41) is 0. The lowest BCUT2D eigenvalue weighted by atomic mass is 10.1. The molecule has 1 heterocycles. The molecule has 0 spiro atoms. The van der Waals surface area contributed by atoms with Crippen molar-refractivity contribution in [3.63, 3.8) is 0 Å². The van der Waals surface area contributed by atoms with Crippen LogP contribution in [0.5, 0.6) is 0 Å². The average molecular weight is 247 g/mol. The SMILES string of the molecule is CCOC(=O)N1Cc2ccccc2N=C(N)C1C. The van der Waals surface area contributed by atoms with Crippen molar-refractivity contribution in [2.24, 2.45) is 10.7 Å². The molecule has 1 unspecified atom stereocenters. The molecule has 0 fully saturated rings. The Morgan fingerprint density at radius 2 is 2.28 bits per heavy atom. The van der Waals surface area contributed by atoms with Crippen LogP contribution in [0.15, 0.2) is 29.3 Å². The van der Waals surface area contributed by atoms with Gasteiger partial charge in [-0.1, -0.05) is 18.2 Å². The predicted octanol–water partition coefficient (Wildman–Crippen LogP) is 2.04. The van der Waals surface area contributed by atoms with Crippen LogP contribution in [0.2, 0.25) is 0 Å². The number of carbonyl (C=O) groups is 1. The monoisotopic (exact) mass is 247 g/mol. The van der Waals surface area contributed by atoms with Gasteiger partial charge in [0, 0.05) is 0 Å². The van der Waals surface area contributed by atoms with Gasteiger partial charge in [-0.25, -0.2) is 9.79 Å². The maximum atomic E-state index is 11.9. The molecule has 96 valence electrons. The van der Waals surface area contributed by atoms with E-state index in [2.05, 4.69) is 4.99 Å². The molecule has 18 heavy (non-hydrogen) atoms. The second kappa shape index (κ2) is 5.08. The van der Waals surface area contributed by atoms with Gasteiger partial charge >= 0.3 is 6.09 Å². The Morgan fingerprint density at radius 1 is 1.56 bits per heavy atom. The number of carbonyl (C=O) groups excluding carboxylic acids is 1. The van der Waals surface area contributed by atoms with Gasteiger partial charge in [0.25, 0.3) is 0 Å². The van der Waals surface area contributed by atoms with Gasteiger partial charge in [0.15, 0.2) is 0 Å². The highest BCUT2D eigenvalue weighted by Gasteiger charge is 2.27. The molecule has 5 heteroatoms. The number of amidine groups is 1. The van der Waals surface area contributed by atoms with Crippen molar-refractivity contribution < 1.29 is 9.53 Å². The van der Waals surface area contributed by atoms with Crippen molar-refractivity contribution in [2.45, 2.75) is 26.4 Å². The van der Waals surface area contributed by atoms with E-state index in [4.69, 9.17) is 10.5 Å². The van der Waals surface area contributed by atoms with Crippen molar-refractivity contribution in [1.82, 2.24) is 4.90 Å². The number of fused-ring (bicyclic) bond motifs is 1. The molecule has 0 saturated heterocycles. The smallest absolute Gasteiger partial charge is 0.410 e. The number of ether oxygens (including phenoxy) is 1. The highest BCUT2D eigenvalue weighted by Crippen LogP contribution is 2.25. The molecule has 1 aliphatic heterocycles. The molecule has 0 radical (unpaired) electrons. The highest BCUT2D eigenvalue weighted by atomic mass is 16.6. The molecule has 0 aromatic heterocycles. The summed E-state index contributed by atoms with van der Waals surface area (Å²) in [6.45, 7) is 4.44. The van der Waals surface area contributed by atoms with E-state index in [-0.39, 0.29) is 12.1 Å². The van der Waals surface area contributed by atoms with Crippen LogP contribution in [-0.2, 0) is 11.3 Å². The lowest BCUT2D eigenvalue weighted by Crippen LogP contribution is -2.45. The Labute approximate surface area is 106 Å². The van der Waals surface area contributed by atoms with E-state index in [0.29, 0.717) is 19.0 Å². The third kappa shape index (κ3) is 2.30. The summed E-state index contributed by atoms with van der Waals surface area (Å²) in [7, 11) is 0. The van der Waals surface area contributed by atoms with E-state index >= 15 is 0 Å². The third-order valence-corrected chi connectivity index (χ3v) is 2.98. The predicted molar refractivity (Wildman–Crippen MR) is 69.8 cm³/mol. The number of benzene rings is 1. The molecule has 0 bridgehead atoms. The van der Waals surface area contributed by atoms with Gasteiger partial charge < -0.3 is 10.5 Å². The van der Waals surface area contributed by atoms with Crippen LogP contribution < -0.4 is 5.73 Å².